The molecule has 4 rings (SSSR count). The number of halogens is 1. The van der Waals surface area contributed by atoms with E-state index in [1.807, 2.05) is 23.1 Å². The minimum absolute atomic E-state index is 0.0319. The summed E-state index contributed by atoms with van der Waals surface area (Å²) < 4.78 is 3.27. The lowest BCUT2D eigenvalue weighted by Gasteiger charge is -2.29. The van der Waals surface area contributed by atoms with Crippen LogP contribution in [0.5, 0.6) is 0 Å². The minimum atomic E-state index is -0.874. The quantitative estimate of drug-likeness (QED) is 0.568. The molecule has 0 spiro atoms. The predicted octanol–water partition coefficient (Wildman–Crippen LogP) is 3.43. The first-order valence-electron chi connectivity index (χ1n) is 11.0. The smallest absolute Gasteiger partial charge is 0.328 e. The van der Waals surface area contributed by atoms with Gasteiger partial charge in [-0.15, -0.1) is 0 Å². The van der Waals surface area contributed by atoms with Gasteiger partial charge in [-0.25, -0.2) is 9.78 Å². The zero-order chi connectivity index (χ0) is 23.8. The van der Waals surface area contributed by atoms with Crippen molar-refractivity contribution in [1.82, 2.24) is 19.1 Å². The van der Waals surface area contributed by atoms with Crippen molar-refractivity contribution in [3.63, 3.8) is 0 Å². The molecule has 3 heterocycles. The molecule has 1 unspecified atom stereocenters. The van der Waals surface area contributed by atoms with E-state index in [1.54, 1.807) is 36.2 Å². The molecule has 1 saturated heterocycles. The van der Waals surface area contributed by atoms with Gasteiger partial charge in [-0.2, -0.15) is 10.2 Å². The molecule has 1 fully saturated rings. The number of nitrogens with zero attached hydrogens (tertiary/aromatic N) is 6. The highest BCUT2D eigenvalue weighted by Crippen LogP contribution is 2.28. The van der Waals surface area contributed by atoms with Crippen LogP contribution in [0.25, 0.3) is 11.0 Å². The average Bonchev–Trinajstić information content (AvgIpc) is 3.02. The molecule has 33 heavy (non-hydrogen) atoms. The summed E-state index contributed by atoms with van der Waals surface area (Å²) in [7, 11) is 1.74. The van der Waals surface area contributed by atoms with Crippen molar-refractivity contribution in [2.24, 2.45) is 13.0 Å². The summed E-state index contributed by atoms with van der Waals surface area (Å²) >= 11 is 6.37. The Balaban J connectivity index is 1.64. The van der Waals surface area contributed by atoms with Gasteiger partial charge in [-0.1, -0.05) is 11.6 Å². The fourth-order valence-corrected chi connectivity index (χ4v) is 4.23. The van der Waals surface area contributed by atoms with E-state index in [4.69, 9.17) is 11.6 Å². The van der Waals surface area contributed by atoms with Gasteiger partial charge in [0.2, 0.25) is 5.95 Å². The molecule has 0 bridgehead atoms. The Morgan fingerprint density at radius 1 is 1.36 bits per heavy atom. The van der Waals surface area contributed by atoms with Gasteiger partial charge in [-0.3, -0.25) is 9.13 Å². The summed E-state index contributed by atoms with van der Waals surface area (Å²) in [4.78, 5) is 23.7. The molecule has 1 aromatic carbocycles. The monoisotopic (exact) mass is 469 g/mol. The first-order chi connectivity index (χ1) is 15.7. The van der Waals surface area contributed by atoms with Crippen LogP contribution in [0.1, 0.15) is 33.1 Å². The Labute approximate surface area is 197 Å². The van der Waals surface area contributed by atoms with Crippen molar-refractivity contribution >= 4 is 40.1 Å². The number of fused-ring (bicyclic) bond motifs is 1. The summed E-state index contributed by atoms with van der Waals surface area (Å²) in [5.74, 6) is 0.960. The van der Waals surface area contributed by atoms with E-state index in [1.165, 1.54) is 0 Å². The normalized spacial score (nSPS) is 16.7. The van der Waals surface area contributed by atoms with Crippen LogP contribution in [0.4, 0.5) is 17.5 Å². The number of nitriles is 1. The third-order valence-electron chi connectivity index (χ3n) is 5.97. The van der Waals surface area contributed by atoms with Crippen LogP contribution < -0.4 is 15.9 Å². The lowest BCUT2D eigenvalue weighted by molar-refractivity contribution is 0.0662. The fraction of sp³-hybridized carbons (Fsp3) is 0.478. The molecule has 0 radical (unpaired) electrons. The number of piperidine rings is 1. The number of rotatable bonds is 6. The van der Waals surface area contributed by atoms with Crippen molar-refractivity contribution < 1.29 is 5.11 Å². The fourth-order valence-electron chi connectivity index (χ4n) is 4.09. The zero-order valence-electron chi connectivity index (χ0n) is 19.0. The van der Waals surface area contributed by atoms with Crippen LogP contribution in [0.15, 0.2) is 29.2 Å². The molecule has 10 heteroatoms. The maximum Gasteiger partial charge on any atom is 0.328 e. The molecule has 174 valence electrons. The van der Waals surface area contributed by atoms with E-state index < -0.39 is 5.60 Å². The molecule has 0 amide bonds. The first-order valence-corrected chi connectivity index (χ1v) is 11.4. The number of benzene rings is 1. The molecule has 2 aromatic heterocycles. The molecule has 1 aliphatic heterocycles. The molecule has 1 aliphatic rings. The number of hydrogen-bond donors (Lipinski definition) is 2. The largest absolute Gasteiger partial charge is 0.390 e. The van der Waals surface area contributed by atoms with Crippen molar-refractivity contribution in [3.8, 4) is 6.07 Å². The molecule has 0 saturated carbocycles. The van der Waals surface area contributed by atoms with Crippen LogP contribution >= 0.6 is 11.6 Å². The van der Waals surface area contributed by atoms with Crippen molar-refractivity contribution in [3.05, 3.63) is 39.9 Å². The van der Waals surface area contributed by atoms with E-state index in [0.29, 0.717) is 36.3 Å². The van der Waals surface area contributed by atoms with Crippen LogP contribution in [-0.4, -0.2) is 42.9 Å². The molecule has 1 atom stereocenters. The van der Waals surface area contributed by atoms with Gasteiger partial charge in [0.05, 0.1) is 34.8 Å². The minimum Gasteiger partial charge on any atom is -0.390 e. The number of nitrogens with one attached hydrogen (secondary N) is 1. The third-order valence-corrected chi connectivity index (χ3v) is 6.25. The Hall–Kier alpha value is -3.09. The number of aryl methyl sites for hydroxylation is 2. The maximum atomic E-state index is 12.8. The third kappa shape index (κ3) is 4.97. The Morgan fingerprint density at radius 3 is 2.88 bits per heavy atom. The van der Waals surface area contributed by atoms with Crippen LogP contribution in [0.2, 0.25) is 5.02 Å². The zero-order valence-corrected chi connectivity index (χ0v) is 19.8. The Bertz CT molecular complexity index is 1270. The molecule has 2 N–H and O–H groups in total. The number of aliphatic hydroxyl groups is 1. The van der Waals surface area contributed by atoms with Crippen molar-refractivity contribution in [2.75, 3.05) is 23.3 Å². The van der Waals surface area contributed by atoms with Crippen molar-refractivity contribution in [1.29, 1.82) is 5.26 Å². The Morgan fingerprint density at radius 2 is 2.15 bits per heavy atom. The topological polar surface area (TPSA) is 112 Å². The molecule has 9 nitrogen and oxygen atoms in total. The van der Waals surface area contributed by atoms with Crippen molar-refractivity contribution in [2.45, 2.75) is 45.3 Å². The van der Waals surface area contributed by atoms with Gasteiger partial charge in [0, 0.05) is 32.4 Å². The lowest BCUT2D eigenvalue weighted by Crippen LogP contribution is -2.36. The van der Waals surface area contributed by atoms with E-state index in [-0.39, 0.29) is 11.6 Å². The van der Waals surface area contributed by atoms with Gasteiger partial charge >= 0.3 is 5.69 Å². The summed E-state index contributed by atoms with van der Waals surface area (Å²) in [5.41, 5.74) is 1.28. The molecular weight excluding hydrogens is 442 g/mol. The molecule has 0 aliphatic carbocycles. The van der Waals surface area contributed by atoms with E-state index in [0.717, 1.165) is 36.1 Å². The highest BCUT2D eigenvalue weighted by atomic mass is 35.5. The summed E-state index contributed by atoms with van der Waals surface area (Å²) in [6.07, 6.45) is 3.81. The second-order valence-electron chi connectivity index (χ2n) is 9.16. The lowest BCUT2D eigenvalue weighted by atomic mass is 10.0. The highest BCUT2D eigenvalue weighted by Gasteiger charge is 2.22. The van der Waals surface area contributed by atoms with Gasteiger partial charge in [0.25, 0.3) is 0 Å². The number of aromatic nitrogens is 4. The molecular formula is C23H28ClN7O2. The highest BCUT2D eigenvalue weighted by molar-refractivity contribution is 6.32. The van der Waals surface area contributed by atoms with Crippen LogP contribution in [0, 0.1) is 17.2 Å². The predicted molar refractivity (Wildman–Crippen MR) is 129 cm³/mol. The second kappa shape index (κ2) is 9.04. The summed E-state index contributed by atoms with van der Waals surface area (Å²) in [5, 5.41) is 23.0. The van der Waals surface area contributed by atoms with Gasteiger partial charge < -0.3 is 15.3 Å². The summed E-state index contributed by atoms with van der Waals surface area (Å²) in [6, 6.07) is 7.95. The number of imidazole rings is 1. The van der Waals surface area contributed by atoms with Gasteiger partial charge in [-0.05, 0) is 51.3 Å². The maximum absolute atomic E-state index is 12.8. The standard InChI is InChI=1S/C23H28ClN7O2/c1-23(2,33)8-10-31-19-11-16(6-7-18(19)29(3)22(31)32)27-20-17(24)13-26-21(28-20)30-9-4-5-15(12-25)14-30/h6-7,11,13,15,33H,4-5,8-10,14H2,1-3H3,(H,26,27,28). The summed E-state index contributed by atoms with van der Waals surface area (Å²) in [6.45, 7) is 5.25. The van der Waals surface area contributed by atoms with E-state index >= 15 is 0 Å². The Kier molecular flexibility index (Phi) is 6.32. The van der Waals surface area contributed by atoms with Gasteiger partial charge in [0.15, 0.2) is 5.82 Å². The van der Waals surface area contributed by atoms with E-state index in [9.17, 15) is 15.2 Å². The van der Waals surface area contributed by atoms with E-state index in [2.05, 4.69) is 21.4 Å². The number of hydrogen-bond acceptors (Lipinski definition) is 7. The average molecular weight is 470 g/mol. The SMILES string of the molecule is Cn1c(=O)n(CCC(C)(C)O)c2cc(Nc3nc(N4CCCC(C#N)C4)ncc3Cl)ccc21. The first kappa shape index (κ1) is 23.1. The number of anilines is 3. The molecule has 3 aromatic rings. The van der Waals surface area contributed by atoms with Crippen LogP contribution in [-0.2, 0) is 13.6 Å². The second-order valence-corrected chi connectivity index (χ2v) is 9.57. The van der Waals surface area contributed by atoms with Crippen LogP contribution in [0.3, 0.4) is 0 Å². The van der Waals surface area contributed by atoms with Gasteiger partial charge in [0.1, 0.15) is 5.02 Å².